The number of carbonyl (C=O) groups is 2. The largest absolute Gasteiger partial charge is 0.326 e. The number of amides is 2. The van der Waals surface area contributed by atoms with Crippen molar-refractivity contribution in [2.45, 2.75) is 31.7 Å². The smallest absolute Gasteiger partial charge is 0.264 e. The van der Waals surface area contributed by atoms with Crippen molar-refractivity contribution in [3.63, 3.8) is 0 Å². The van der Waals surface area contributed by atoms with Gasteiger partial charge in [0.15, 0.2) is 0 Å². The van der Waals surface area contributed by atoms with E-state index in [-0.39, 0.29) is 11.8 Å². The Hall–Kier alpha value is -2.65. The third-order valence-corrected chi connectivity index (χ3v) is 5.16. The molecule has 1 fully saturated rings. The third kappa shape index (κ3) is 4.06. The lowest BCUT2D eigenvalue weighted by Crippen LogP contribution is -2.49. The van der Waals surface area contributed by atoms with Gasteiger partial charge < -0.3 is 10.2 Å². The molecule has 0 bridgehead atoms. The lowest BCUT2D eigenvalue weighted by Gasteiger charge is -2.34. The summed E-state index contributed by atoms with van der Waals surface area (Å²) in [5, 5.41) is 13.5. The first-order valence-electron chi connectivity index (χ1n) is 8.30. The van der Waals surface area contributed by atoms with Crippen molar-refractivity contribution in [3.8, 4) is 6.07 Å². The van der Waals surface area contributed by atoms with Gasteiger partial charge in [-0.05, 0) is 48.4 Å². The normalized spacial score (nSPS) is 16.9. The van der Waals surface area contributed by atoms with Gasteiger partial charge in [-0.2, -0.15) is 5.26 Å². The predicted octanol–water partition coefficient (Wildman–Crippen LogP) is 3.45. The van der Waals surface area contributed by atoms with Crippen LogP contribution in [0.5, 0.6) is 0 Å². The van der Waals surface area contributed by atoms with Gasteiger partial charge in [-0.1, -0.05) is 18.2 Å². The van der Waals surface area contributed by atoms with Gasteiger partial charge in [0.05, 0.1) is 17.4 Å². The van der Waals surface area contributed by atoms with E-state index in [1.54, 1.807) is 23.1 Å². The number of thiophene rings is 1. The van der Waals surface area contributed by atoms with Gasteiger partial charge in [-0.3, -0.25) is 9.59 Å². The fraction of sp³-hybridized carbons (Fsp3) is 0.316. The molecule has 0 unspecified atom stereocenters. The fourth-order valence-electron chi connectivity index (χ4n) is 3.01. The Kier molecular flexibility index (Phi) is 5.46. The Labute approximate surface area is 150 Å². The van der Waals surface area contributed by atoms with Crippen LogP contribution in [0.25, 0.3) is 0 Å². The van der Waals surface area contributed by atoms with Gasteiger partial charge in [0.2, 0.25) is 5.91 Å². The summed E-state index contributed by atoms with van der Waals surface area (Å²) in [7, 11) is 0. The van der Waals surface area contributed by atoms with Crippen LogP contribution in [0.15, 0.2) is 41.8 Å². The molecule has 5 nitrogen and oxygen atoms in total. The van der Waals surface area contributed by atoms with E-state index in [0.29, 0.717) is 30.0 Å². The molecular weight excluding hydrogens is 334 g/mol. The number of benzene rings is 1. The molecule has 1 saturated heterocycles. The van der Waals surface area contributed by atoms with E-state index in [1.807, 2.05) is 23.6 Å². The Morgan fingerprint density at radius 3 is 2.72 bits per heavy atom. The minimum atomic E-state index is -0.442. The molecule has 3 rings (SSSR count). The molecule has 0 radical (unpaired) electrons. The second-order valence-electron chi connectivity index (χ2n) is 6.01. The van der Waals surface area contributed by atoms with E-state index < -0.39 is 6.04 Å². The summed E-state index contributed by atoms with van der Waals surface area (Å²) in [6.07, 6.45) is 2.88. The molecule has 1 aliphatic rings. The average molecular weight is 353 g/mol. The van der Waals surface area contributed by atoms with Crippen LogP contribution in [0.2, 0.25) is 0 Å². The topological polar surface area (TPSA) is 73.2 Å². The van der Waals surface area contributed by atoms with Crippen LogP contribution in [-0.2, 0) is 11.2 Å². The summed E-state index contributed by atoms with van der Waals surface area (Å²) < 4.78 is 0. The molecule has 2 aromatic rings. The molecule has 128 valence electrons. The molecule has 1 aromatic carbocycles. The van der Waals surface area contributed by atoms with E-state index >= 15 is 0 Å². The highest BCUT2D eigenvalue weighted by atomic mass is 32.1. The predicted molar refractivity (Wildman–Crippen MR) is 97.4 cm³/mol. The molecule has 2 heterocycles. The molecule has 6 heteroatoms. The van der Waals surface area contributed by atoms with Gasteiger partial charge >= 0.3 is 0 Å². The maximum Gasteiger partial charge on any atom is 0.264 e. The first-order chi connectivity index (χ1) is 12.2. The van der Waals surface area contributed by atoms with Crippen LogP contribution in [0.3, 0.4) is 0 Å². The number of piperidine rings is 1. The van der Waals surface area contributed by atoms with Gasteiger partial charge in [-0.25, -0.2) is 0 Å². The number of rotatable bonds is 4. The highest BCUT2D eigenvalue weighted by molar-refractivity contribution is 7.12. The van der Waals surface area contributed by atoms with Crippen LogP contribution < -0.4 is 5.32 Å². The van der Waals surface area contributed by atoms with Gasteiger partial charge in [0.1, 0.15) is 6.04 Å². The minimum Gasteiger partial charge on any atom is -0.326 e. The van der Waals surface area contributed by atoms with E-state index in [2.05, 4.69) is 11.4 Å². The summed E-state index contributed by atoms with van der Waals surface area (Å²) >= 11 is 1.40. The number of hydrogen-bond donors (Lipinski definition) is 1. The zero-order valence-electron chi connectivity index (χ0n) is 13.8. The summed E-state index contributed by atoms with van der Waals surface area (Å²) in [5.74, 6) is -0.225. The maximum atomic E-state index is 12.7. The van der Waals surface area contributed by atoms with Gasteiger partial charge in [-0.15, -0.1) is 11.3 Å². The van der Waals surface area contributed by atoms with Crippen LogP contribution in [0.4, 0.5) is 5.69 Å². The highest BCUT2D eigenvalue weighted by Gasteiger charge is 2.33. The van der Waals surface area contributed by atoms with Crippen molar-refractivity contribution < 1.29 is 9.59 Å². The molecule has 1 atom stereocenters. The van der Waals surface area contributed by atoms with Crippen molar-refractivity contribution in [2.75, 3.05) is 11.9 Å². The quantitative estimate of drug-likeness (QED) is 0.915. The van der Waals surface area contributed by atoms with Crippen molar-refractivity contribution >= 4 is 28.8 Å². The molecular formula is C19H19N3O2S. The second kappa shape index (κ2) is 7.95. The van der Waals surface area contributed by atoms with Crippen molar-refractivity contribution in [1.82, 2.24) is 4.90 Å². The van der Waals surface area contributed by atoms with E-state index in [1.165, 1.54) is 11.3 Å². The van der Waals surface area contributed by atoms with Crippen molar-refractivity contribution in [3.05, 3.63) is 52.2 Å². The van der Waals surface area contributed by atoms with Crippen LogP contribution in [0.1, 0.15) is 34.5 Å². The number of hydrogen-bond acceptors (Lipinski definition) is 4. The molecule has 25 heavy (non-hydrogen) atoms. The van der Waals surface area contributed by atoms with Crippen LogP contribution in [-0.4, -0.2) is 29.3 Å². The van der Waals surface area contributed by atoms with Crippen molar-refractivity contribution in [1.29, 1.82) is 5.26 Å². The summed E-state index contributed by atoms with van der Waals surface area (Å²) in [6, 6.07) is 12.5. The van der Waals surface area contributed by atoms with E-state index in [0.717, 1.165) is 18.4 Å². The average Bonchev–Trinajstić information content (AvgIpc) is 3.17. The second-order valence-corrected chi connectivity index (χ2v) is 6.96. The zero-order chi connectivity index (χ0) is 17.6. The molecule has 1 aromatic heterocycles. The zero-order valence-corrected chi connectivity index (χ0v) is 14.6. The number of anilines is 1. The Balaban J connectivity index is 1.70. The Morgan fingerprint density at radius 1 is 1.24 bits per heavy atom. The molecule has 0 aliphatic carbocycles. The van der Waals surface area contributed by atoms with Gasteiger partial charge in [0, 0.05) is 12.2 Å². The molecule has 1 aliphatic heterocycles. The van der Waals surface area contributed by atoms with E-state index in [9.17, 15) is 9.59 Å². The summed E-state index contributed by atoms with van der Waals surface area (Å²) in [4.78, 5) is 27.7. The first-order valence-corrected chi connectivity index (χ1v) is 9.18. The first kappa shape index (κ1) is 17.2. The van der Waals surface area contributed by atoms with Crippen molar-refractivity contribution in [2.24, 2.45) is 0 Å². The molecule has 2 amide bonds. The lowest BCUT2D eigenvalue weighted by molar-refractivity contribution is -0.121. The third-order valence-electron chi connectivity index (χ3n) is 4.30. The molecule has 0 spiro atoms. The number of carbonyl (C=O) groups excluding carboxylic acids is 2. The number of likely N-dealkylation sites (tertiary alicyclic amines) is 1. The number of nitrogens with zero attached hydrogens (tertiary/aromatic N) is 2. The summed E-state index contributed by atoms with van der Waals surface area (Å²) in [6.45, 7) is 0.607. The lowest BCUT2D eigenvalue weighted by atomic mass is 10.0. The monoisotopic (exact) mass is 353 g/mol. The SMILES string of the molecule is N#CCc1ccc(NC(=O)[C@@H]2CCCCN2C(=O)c2cccs2)cc1. The molecule has 0 saturated carbocycles. The van der Waals surface area contributed by atoms with E-state index in [4.69, 9.17) is 5.26 Å². The van der Waals surface area contributed by atoms with Crippen LogP contribution >= 0.6 is 11.3 Å². The maximum absolute atomic E-state index is 12.7. The Bertz CT molecular complexity index is 778. The molecule has 1 N–H and O–H groups in total. The fourth-order valence-corrected chi connectivity index (χ4v) is 3.69. The highest BCUT2D eigenvalue weighted by Crippen LogP contribution is 2.23. The van der Waals surface area contributed by atoms with Gasteiger partial charge in [0.25, 0.3) is 5.91 Å². The minimum absolute atomic E-state index is 0.0702. The standard InChI is InChI=1S/C19H19N3O2S/c20-11-10-14-6-8-15(9-7-14)21-18(23)16-4-1-2-12-22(16)19(24)17-5-3-13-25-17/h3,5-9,13,16H,1-2,4,10,12H2,(H,21,23)/t16-/m0/s1. The number of nitrogens with one attached hydrogen (secondary N) is 1. The van der Waals surface area contributed by atoms with Crippen LogP contribution in [0, 0.1) is 11.3 Å². The summed E-state index contributed by atoms with van der Waals surface area (Å²) in [5.41, 5.74) is 1.59. The Morgan fingerprint density at radius 2 is 2.04 bits per heavy atom. The number of nitriles is 1.